The Morgan fingerprint density at radius 3 is 2.22 bits per heavy atom. The predicted octanol–water partition coefficient (Wildman–Crippen LogP) is 2.99. The minimum Gasteiger partial charge on any atom is -0.379 e. The van der Waals surface area contributed by atoms with E-state index in [1.807, 2.05) is 26.8 Å². The molecular formula is C17H19NO4S. The molecule has 2 N–H and O–H groups in total. The van der Waals surface area contributed by atoms with Crippen molar-refractivity contribution in [3.63, 3.8) is 0 Å². The van der Waals surface area contributed by atoms with Gasteiger partial charge in [-0.25, -0.2) is 0 Å². The molecule has 6 heteroatoms. The second kappa shape index (κ2) is 6.42. The van der Waals surface area contributed by atoms with Crippen LogP contribution in [-0.4, -0.2) is 14.3 Å². The molecule has 5 nitrogen and oxygen atoms in total. The molecule has 1 amide bonds. The van der Waals surface area contributed by atoms with Crippen LogP contribution in [0, 0.1) is 6.92 Å². The lowest BCUT2D eigenvalue weighted by atomic mass is 10.0. The van der Waals surface area contributed by atoms with E-state index in [-0.39, 0.29) is 22.1 Å². The average molecular weight is 333 g/mol. The molecule has 23 heavy (non-hydrogen) atoms. The normalized spacial score (nSPS) is 11.5. The molecule has 0 fully saturated rings. The van der Waals surface area contributed by atoms with Crippen molar-refractivity contribution < 1.29 is 17.4 Å². The number of rotatable bonds is 5. The van der Waals surface area contributed by atoms with Crippen LogP contribution in [0.4, 0.5) is 0 Å². The van der Waals surface area contributed by atoms with Gasteiger partial charge in [0.25, 0.3) is 0 Å². The second-order valence-electron chi connectivity index (χ2n) is 5.66. The van der Waals surface area contributed by atoms with E-state index >= 15 is 0 Å². The van der Waals surface area contributed by atoms with Gasteiger partial charge in [0, 0.05) is 5.56 Å². The van der Waals surface area contributed by atoms with E-state index in [0.717, 1.165) is 11.1 Å². The van der Waals surface area contributed by atoms with Crippen LogP contribution in [0.2, 0.25) is 0 Å². The van der Waals surface area contributed by atoms with E-state index in [4.69, 9.17) is 9.92 Å². The van der Waals surface area contributed by atoms with Crippen molar-refractivity contribution in [1.82, 2.24) is 0 Å². The van der Waals surface area contributed by atoms with Crippen molar-refractivity contribution in [3.8, 4) is 5.75 Å². The number of carbonyl (C=O) groups is 1. The van der Waals surface area contributed by atoms with Crippen LogP contribution in [0.15, 0.2) is 47.4 Å². The van der Waals surface area contributed by atoms with Crippen LogP contribution in [-0.2, 0) is 10.1 Å². The maximum absolute atomic E-state index is 12.3. The SMILES string of the molecule is Cc1cc(OS(=O)(=O)c2ccc(C(N)=O)cc2)cc(C(C)C)c1. The molecule has 122 valence electrons. The van der Waals surface area contributed by atoms with Gasteiger partial charge in [0.15, 0.2) is 0 Å². The summed E-state index contributed by atoms with van der Waals surface area (Å²) in [7, 11) is -3.97. The number of benzene rings is 2. The lowest BCUT2D eigenvalue weighted by Crippen LogP contribution is -2.13. The van der Waals surface area contributed by atoms with Crippen LogP contribution in [0.1, 0.15) is 41.3 Å². The van der Waals surface area contributed by atoms with Gasteiger partial charge in [-0.3, -0.25) is 4.79 Å². The standard InChI is InChI=1S/C17H19NO4S/c1-11(2)14-8-12(3)9-15(10-14)22-23(20,21)16-6-4-13(5-7-16)17(18)19/h4-11H,1-3H3,(H2,18,19). The Kier molecular flexibility index (Phi) is 4.75. The summed E-state index contributed by atoms with van der Waals surface area (Å²) in [5, 5.41) is 0. The molecule has 0 spiro atoms. The summed E-state index contributed by atoms with van der Waals surface area (Å²) in [6.45, 7) is 5.93. The van der Waals surface area contributed by atoms with Crippen LogP contribution in [0.25, 0.3) is 0 Å². The zero-order valence-electron chi connectivity index (χ0n) is 13.2. The van der Waals surface area contributed by atoms with Crippen molar-refractivity contribution >= 4 is 16.0 Å². The first-order chi connectivity index (χ1) is 10.7. The molecule has 2 aromatic rings. The fourth-order valence-corrected chi connectivity index (χ4v) is 3.03. The van der Waals surface area contributed by atoms with E-state index in [2.05, 4.69) is 0 Å². The quantitative estimate of drug-likeness (QED) is 0.852. The van der Waals surface area contributed by atoms with Gasteiger partial charge in [-0.15, -0.1) is 0 Å². The van der Waals surface area contributed by atoms with Gasteiger partial charge in [0.2, 0.25) is 5.91 Å². The Morgan fingerprint density at radius 2 is 1.70 bits per heavy atom. The Balaban J connectivity index is 2.32. The molecule has 2 rings (SSSR count). The Morgan fingerprint density at radius 1 is 1.09 bits per heavy atom. The summed E-state index contributed by atoms with van der Waals surface area (Å²) in [4.78, 5) is 11.0. The summed E-state index contributed by atoms with van der Waals surface area (Å²) in [6, 6.07) is 10.7. The lowest BCUT2D eigenvalue weighted by Gasteiger charge is -2.12. The highest BCUT2D eigenvalue weighted by molar-refractivity contribution is 7.87. The topological polar surface area (TPSA) is 86.5 Å². The van der Waals surface area contributed by atoms with Crippen molar-refractivity contribution in [3.05, 3.63) is 59.2 Å². The largest absolute Gasteiger partial charge is 0.379 e. The Hall–Kier alpha value is -2.34. The summed E-state index contributed by atoms with van der Waals surface area (Å²) < 4.78 is 29.9. The third kappa shape index (κ3) is 4.10. The number of hydrogen-bond acceptors (Lipinski definition) is 4. The lowest BCUT2D eigenvalue weighted by molar-refractivity contribution is 0.1000. The highest BCUT2D eigenvalue weighted by Gasteiger charge is 2.18. The molecule has 0 aliphatic rings. The predicted molar refractivity (Wildman–Crippen MR) is 88.0 cm³/mol. The molecule has 0 aliphatic heterocycles. The van der Waals surface area contributed by atoms with Crippen LogP contribution < -0.4 is 9.92 Å². The number of primary amides is 1. The molecule has 0 radical (unpaired) electrons. The minimum absolute atomic E-state index is 0.0323. The highest BCUT2D eigenvalue weighted by Crippen LogP contribution is 2.25. The molecule has 0 atom stereocenters. The zero-order chi connectivity index (χ0) is 17.2. The number of amides is 1. The van der Waals surface area contributed by atoms with Crippen molar-refractivity contribution in [1.29, 1.82) is 0 Å². The Bertz CT molecular complexity index is 824. The summed E-state index contributed by atoms with van der Waals surface area (Å²) >= 11 is 0. The first kappa shape index (κ1) is 17.0. The fourth-order valence-electron chi connectivity index (χ4n) is 2.12. The van der Waals surface area contributed by atoms with Gasteiger partial charge in [-0.05, 0) is 60.4 Å². The molecule has 0 saturated carbocycles. The van der Waals surface area contributed by atoms with Gasteiger partial charge in [-0.2, -0.15) is 8.42 Å². The van der Waals surface area contributed by atoms with E-state index < -0.39 is 16.0 Å². The maximum Gasteiger partial charge on any atom is 0.339 e. The zero-order valence-corrected chi connectivity index (χ0v) is 14.1. The molecule has 0 bridgehead atoms. The molecule has 0 heterocycles. The maximum atomic E-state index is 12.3. The molecule has 0 aromatic heterocycles. The van der Waals surface area contributed by atoms with Crippen LogP contribution >= 0.6 is 0 Å². The smallest absolute Gasteiger partial charge is 0.339 e. The van der Waals surface area contributed by atoms with Gasteiger partial charge in [-0.1, -0.05) is 19.9 Å². The summed E-state index contributed by atoms with van der Waals surface area (Å²) in [6.07, 6.45) is 0. The molecule has 0 unspecified atom stereocenters. The first-order valence-corrected chi connectivity index (χ1v) is 8.56. The second-order valence-corrected chi connectivity index (χ2v) is 7.21. The molecular weight excluding hydrogens is 314 g/mol. The van der Waals surface area contributed by atoms with E-state index in [9.17, 15) is 13.2 Å². The van der Waals surface area contributed by atoms with Crippen molar-refractivity contribution in [2.75, 3.05) is 0 Å². The first-order valence-electron chi connectivity index (χ1n) is 7.15. The molecule has 2 aromatic carbocycles. The van der Waals surface area contributed by atoms with E-state index in [1.54, 1.807) is 12.1 Å². The van der Waals surface area contributed by atoms with Crippen LogP contribution in [0.5, 0.6) is 5.75 Å². The van der Waals surface area contributed by atoms with E-state index in [1.165, 1.54) is 24.3 Å². The number of nitrogens with two attached hydrogens (primary N) is 1. The van der Waals surface area contributed by atoms with Crippen molar-refractivity contribution in [2.45, 2.75) is 31.6 Å². The van der Waals surface area contributed by atoms with Crippen molar-refractivity contribution in [2.24, 2.45) is 5.73 Å². The van der Waals surface area contributed by atoms with Gasteiger partial charge in [0.1, 0.15) is 10.6 Å². The van der Waals surface area contributed by atoms with Gasteiger partial charge >= 0.3 is 10.1 Å². The molecule has 0 saturated heterocycles. The summed E-state index contributed by atoms with van der Waals surface area (Å²) in [5.74, 6) is -0.0855. The Labute approximate surface area is 136 Å². The molecule has 0 aliphatic carbocycles. The van der Waals surface area contributed by atoms with Crippen LogP contribution in [0.3, 0.4) is 0 Å². The van der Waals surface area contributed by atoms with Gasteiger partial charge < -0.3 is 9.92 Å². The average Bonchev–Trinajstić information content (AvgIpc) is 2.46. The highest BCUT2D eigenvalue weighted by atomic mass is 32.2. The van der Waals surface area contributed by atoms with Gasteiger partial charge in [0.05, 0.1) is 0 Å². The summed E-state index contributed by atoms with van der Waals surface area (Å²) in [5.41, 5.74) is 7.30. The monoisotopic (exact) mass is 333 g/mol. The third-order valence-corrected chi connectivity index (χ3v) is 4.63. The van der Waals surface area contributed by atoms with E-state index in [0.29, 0.717) is 0 Å². The minimum atomic E-state index is -3.97. The number of carbonyl (C=O) groups excluding carboxylic acids is 1. The fraction of sp³-hybridized carbons (Fsp3) is 0.235. The number of aryl methyl sites for hydroxylation is 1. The number of hydrogen-bond donors (Lipinski definition) is 1. The third-order valence-electron chi connectivity index (χ3n) is 3.37.